The maximum atomic E-state index is 13.9. The standard InChI is InChI=1S/C34H41ClN2O12/c1-5-48-33(44)27-25(20-47-18-17-46-16-15-37(3)19-22-11-7-6-8-12-22)36-21(2)26(32(43)45-4)34(27,23-13-9-10-14-24(23)35)49-29(31(41)42)28(38)30(39)40/h6-14,28-29,36,38H,5,15-20H2,1-4H3,(H,39,40)(H,41,42). The third-order valence-corrected chi connectivity index (χ3v) is 7.79. The lowest BCUT2D eigenvalue weighted by molar-refractivity contribution is -0.184. The van der Waals surface area contributed by atoms with Crippen molar-refractivity contribution in [1.82, 2.24) is 10.2 Å². The summed E-state index contributed by atoms with van der Waals surface area (Å²) >= 11 is 6.62. The van der Waals surface area contributed by atoms with Gasteiger partial charge in [-0.25, -0.2) is 19.2 Å². The van der Waals surface area contributed by atoms with E-state index in [4.69, 9.17) is 35.3 Å². The van der Waals surface area contributed by atoms with E-state index in [0.717, 1.165) is 13.7 Å². The number of aliphatic carboxylic acids is 2. The number of allylic oxidation sites excluding steroid dienone is 1. The molecule has 1 heterocycles. The number of rotatable bonds is 19. The van der Waals surface area contributed by atoms with Crippen molar-refractivity contribution in [3.8, 4) is 0 Å². The topological polar surface area (TPSA) is 190 Å². The highest BCUT2D eigenvalue weighted by Gasteiger charge is 2.57. The Hall–Kier alpha value is -4.31. The normalized spacial score (nSPS) is 17.4. The van der Waals surface area contributed by atoms with E-state index in [0.29, 0.717) is 13.2 Å². The highest BCUT2D eigenvalue weighted by molar-refractivity contribution is 6.31. The lowest BCUT2D eigenvalue weighted by Gasteiger charge is -2.43. The second kappa shape index (κ2) is 18.5. The van der Waals surface area contributed by atoms with Gasteiger partial charge in [0, 0.05) is 29.4 Å². The summed E-state index contributed by atoms with van der Waals surface area (Å²) in [5, 5.41) is 32.9. The zero-order valence-electron chi connectivity index (χ0n) is 27.6. The second-order valence-corrected chi connectivity index (χ2v) is 11.3. The molecule has 0 saturated carbocycles. The molecule has 15 heteroatoms. The lowest BCUT2D eigenvalue weighted by atomic mass is 9.75. The fourth-order valence-corrected chi connectivity index (χ4v) is 5.55. The van der Waals surface area contributed by atoms with Crippen LogP contribution >= 0.6 is 11.6 Å². The summed E-state index contributed by atoms with van der Waals surface area (Å²) in [6, 6.07) is 15.8. The first-order valence-electron chi connectivity index (χ1n) is 15.3. The molecule has 49 heavy (non-hydrogen) atoms. The highest BCUT2D eigenvalue weighted by Crippen LogP contribution is 2.49. The highest BCUT2D eigenvalue weighted by atomic mass is 35.5. The number of nitrogens with zero attached hydrogens (tertiary/aromatic N) is 1. The van der Waals surface area contributed by atoms with Gasteiger partial charge in [0.15, 0.2) is 17.8 Å². The van der Waals surface area contributed by atoms with Crippen molar-refractivity contribution in [3.63, 3.8) is 0 Å². The van der Waals surface area contributed by atoms with Gasteiger partial charge in [0.2, 0.25) is 0 Å². The van der Waals surface area contributed by atoms with Crippen molar-refractivity contribution < 1.29 is 58.2 Å². The van der Waals surface area contributed by atoms with Gasteiger partial charge in [0.25, 0.3) is 0 Å². The number of methoxy groups -OCH3 is 1. The molecule has 0 aliphatic carbocycles. The molecule has 0 spiro atoms. The molecule has 2 aromatic carbocycles. The minimum Gasteiger partial charge on any atom is -0.479 e. The number of hydrogen-bond acceptors (Lipinski definition) is 12. The number of carboxylic acids is 2. The number of carbonyl (C=O) groups is 4. The van der Waals surface area contributed by atoms with Crippen LogP contribution in [0.3, 0.4) is 0 Å². The van der Waals surface area contributed by atoms with Crippen molar-refractivity contribution in [2.45, 2.75) is 38.2 Å². The predicted molar refractivity (Wildman–Crippen MR) is 175 cm³/mol. The van der Waals surface area contributed by atoms with E-state index in [1.165, 1.54) is 43.7 Å². The maximum Gasteiger partial charge on any atom is 0.339 e. The summed E-state index contributed by atoms with van der Waals surface area (Å²) in [5.41, 5.74) is -2.44. The molecule has 0 bridgehead atoms. The van der Waals surface area contributed by atoms with Crippen molar-refractivity contribution in [2.75, 3.05) is 53.7 Å². The van der Waals surface area contributed by atoms with Crippen molar-refractivity contribution >= 4 is 35.5 Å². The van der Waals surface area contributed by atoms with Crippen LogP contribution in [0, 0.1) is 0 Å². The van der Waals surface area contributed by atoms with E-state index in [-0.39, 0.29) is 48.4 Å². The Morgan fingerprint density at radius 2 is 1.57 bits per heavy atom. The van der Waals surface area contributed by atoms with Crippen LogP contribution in [0.4, 0.5) is 0 Å². The zero-order chi connectivity index (χ0) is 36.1. The SMILES string of the molecule is CCOC(=O)C1=C(COCCOCCN(C)Cc2ccccc2)NC(C)=C(C(=O)OC)C1(OC(C(=O)O)C(O)C(=O)O)c1ccccc1Cl. The van der Waals surface area contributed by atoms with Crippen molar-refractivity contribution in [1.29, 1.82) is 0 Å². The van der Waals surface area contributed by atoms with Crippen LogP contribution in [0.2, 0.25) is 5.02 Å². The number of ether oxygens (including phenoxy) is 5. The Balaban J connectivity index is 2.01. The first kappa shape index (κ1) is 39.1. The third-order valence-electron chi connectivity index (χ3n) is 7.46. The van der Waals surface area contributed by atoms with E-state index in [1.54, 1.807) is 0 Å². The number of nitrogens with one attached hydrogen (secondary N) is 1. The van der Waals surface area contributed by atoms with Crippen LogP contribution in [0.5, 0.6) is 0 Å². The summed E-state index contributed by atoms with van der Waals surface area (Å²) in [7, 11) is 3.02. The van der Waals surface area contributed by atoms with Crippen LogP contribution in [0.25, 0.3) is 0 Å². The lowest BCUT2D eigenvalue weighted by Crippen LogP contribution is -2.54. The molecule has 0 radical (unpaired) electrons. The molecule has 0 saturated heterocycles. The average Bonchev–Trinajstić information content (AvgIpc) is 3.06. The number of benzene rings is 2. The molecule has 2 aromatic rings. The van der Waals surface area contributed by atoms with E-state index in [1.807, 2.05) is 37.4 Å². The fourth-order valence-electron chi connectivity index (χ4n) is 5.29. The Morgan fingerprint density at radius 3 is 2.18 bits per heavy atom. The Morgan fingerprint density at radius 1 is 0.918 bits per heavy atom. The van der Waals surface area contributed by atoms with Crippen LogP contribution in [-0.2, 0) is 55.0 Å². The largest absolute Gasteiger partial charge is 0.479 e. The van der Waals surface area contributed by atoms with Gasteiger partial charge in [-0.05, 0) is 32.5 Å². The summed E-state index contributed by atoms with van der Waals surface area (Å²) in [6.45, 7) is 4.53. The second-order valence-electron chi connectivity index (χ2n) is 10.9. The molecule has 3 unspecified atom stereocenters. The third kappa shape index (κ3) is 9.65. The van der Waals surface area contributed by atoms with Gasteiger partial charge in [-0.3, -0.25) is 4.90 Å². The van der Waals surface area contributed by atoms with E-state index in [9.17, 15) is 34.5 Å². The van der Waals surface area contributed by atoms with E-state index < -0.39 is 52.8 Å². The van der Waals surface area contributed by atoms with Gasteiger partial charge < -0.3 is 44.3 Å². The molecule has 1 aliphatic heterocycles. The number of dihydropyridines is 1. The summed E-state index contributed by atoms with van der Waals surface area (Å²) < 4.78 is 28.0. The van der Waals surface area contributed by atoms with Crippen molar-refractivity contribution in [2.24, 2.45) is 0 Å². The van der Waals surface area contributed by atoms with E-state index in [2.05, 4.69) is 10.2 Å². The van der Waals surface area contributed by atoms with Gasteiger partial charge in [0.05, 0.1) is 57.0 Å². The molecular weight excluding hydrogens is 664 g/mol. The molecule has 1 aliphatic rings. The molecule has 0 amide bonds. The van der Waals surface area contributed by atoms with Gasteiger partial charge in [-0.2, -0.15) is 0 Å². The monoisotopic (exact) mass is 704 g/mol. The van der Waals surface area contributed by atoms with E-state index >= 15 is 0 Å². The number of likely N-dealkylation sites (N-methyl/N-ethyl adjacent to an activating group) is 1. The summed E-state index contributed by atoms with van der Waals surface area (Å²) in [4.78, 5) is 53.7. The molecule has 4 N–H and O–H groups in total. The van der Waals surface area contributed by atoms with Gasteiger partial charge in [-0.15, -0.1) is 0 Å². The first-order chi connectivity index (χ1) is 23.4. The molecular formula is C34H41ClN2O12. The fraction of sp³-hybridized carbons (Fsp3) is 0.412. The zero-order valence-corrected chi connectivity index (χ0v) is 28.4. The average molecular weight is 705 g/mol. The number of carbonyl (C=O) groups excluding carboxylic acids is 2. The molecule has 14 nitrogen and oxygen atoms in total. The number of aliphatic hydroxyl groups is 1. The summed E-state index contributed by atoms with van der Waals surface area (Å²) in [5.74, 6) is -6.00. The Labute approximate surface area is 288 Å². The number of halogens is 1. The van der Waals surface area contributed by atoms with Gasteiger partial charge in [0.1, 0.15) is 0 Å². The first-order valence-corrected chi connectivity index (χ1v) is 15.7. The van der Waals surface area contributed by atoms with Crippen LogP contribution in [0.1, 0.15) is 25.0 Å². The maximum absolute atomic E-state index is 13.9. The quantitative estimate of drug-likeness (QED) is 0.123. The Bertz CT molecular complexity index is 1550. The number of esters is 2. The molecule has 0 fully saturated rings. The number of hydrogen-bond donors (Lipinski definition) is 4. The minimum atomic E-state index is -2.64. The summed E-state index contributed by atoms with van der Waals surface area (Å²) in [6.07, 6.45) is -5.17. The Kier molecular flexibility index (Phi) is 14.7. The van der Waals surface area contributed by atoms with Crippen LogP contribution in [0.15, 0.2) is 77.1 Å². The predicted octanol–water partition coefficient (Wildman–Crippen LogP) is 2.48. The van der Waals surface area contributed by atoms with Crippen LogP contribution < -0.4 is 5.32 Å². The number of carboxylic acid groups (broad SMARTS) is 2. The van der Waals surface area contributed by atoms with Gasteiger partial charge in [-0.1, -0.05) is 60.1 Å². The molecule has 3 atom stereocenters. The smallest absolute Gasteiger partial charge is 0.339 e. The van der Waals surface area contributed by atoms with Crippen LogP contribution in [-0.4, -0.2) is 110 Å². The number of aliphatic hydroxyl groups excluding tert-OH is 1. The van der Waals surface area contributed by atoms with Crippen molar-refractivity contribution in [3.05, 3.63) is 93.3 Å². The molecule has 266 valence electrons. The van der Waals surface area contributed by atoms with Gasteiger partial charge >= 0.3 is 23.9 Å². The minimum absolute atomic E-state index is 0.0138. The molecule has 3 rings (SSSR count). The molecule has 0 aromatic heterocycles.